The third-order valence-electron chi connectivity index (χ3n) is 2.92. The van der Waals surface area contributed by atoms with Gasteiger partial charge >= 0.3 is 62.4 Å². The van der Waals surface area contributed by atoms with Gasteiger partial charge in [0.15, 0.2) is 0 Å². The van der Waals surface area contributed by atoms with Crippen molar-refractivity contribution in [2.45, 2.75) is 13.9 Å². The van der Waals surface area contributed by atoms with Crippen LogP contribution < -0.4 is 4.74 Å². The average Bonchev–Trinajstić information content (AvgIpc) is 2.45. The molecular weight excluding hydrogens is 279 g/mol. The quantitative estimate of drug-likeness (QED) is 0.696. The molecule has 0 bridgehead atoms. The summed E-state index contributed by atoms with van der Waals surface area (Å²) < 4.78 is 7.14. The molecule has 98 valence electrons. The van der Waals surface area contributed by atoms with Gasteiger partial charge in [-0.2, -0.15) is 0 Å². The van der Waals surface area contributed by atoms with E-state index >= 15 is 0 Å². The van der Waals surface area contributed by atoms with Crippen LogP contribution in [-0.4, -0.2) is 60.0 Å². The van der Waals surface area contributed by atoms with Gasteiger partial charge in [-0.3, -0.25) is 0 Å². The number of para-hydroxylation sites is 1. The van der Waals surface area contributed by atoms with Crippen molar-refractivity contribution in [2.24, 2.45) is 0 Å². The molecule has 20 heavy (non-hydrogen) atoms. The normalized spacial score (nSPS) is 11.3. The van der Waals surface area contributed by atoms with Crippen molar-refractivity contribution in [1.29, 1.82) is 0 Å². The van der Waals surface area contributed by atoms with Crippen LogP contribution in [0.3, 0.4) is 0 Å². The van der Waals surface area contributed by atoms with Crippen molar-refractivity contribution in [1.82, 2.24) is 0 Å². The third kappa shape index (κ3) is 3.51. The fourth-order valence-corrected chi connectivity index (χ4v) is 2.10. The molecule has 3 nitrogen and oxygen atoms in total. The zero-order chi connectivity index (χ0) is 14.5. The Morgan fingerprint density at radius 2 is 1.85 bits per heavy atom. The van der Waals surface area contributed by atoms with Crippen LogP contribution in [0.15, 0.2) is 42.5 Å². The summed E-state index contributed by atoms with van der Waals surface area (Å²) >= 11 is 1.10. The first-order valence-corrected chi connectivity index (χ1v) is 8.99. The molecule has 1 heterocycles. The summed E-state index contributed by atoms with van der Waals surface area (Å²) in [6.45, 7) is 2.21. The molecular formula is C16H15KO3. The molecule has 2 aromatic rings. The molecule has 0 saturated carbocycles. The SMILES string of the molecule is C[CH2][K].O=C(O)c1cccc2c1Cc1ccccc1O2. The van der Waals surface area contributed by atoms with Crippen molar-refractivity contribution in [3.05, 3.63) is 59.2 Å². The molecule has 1 N–H and O–H groups in total. The van der Waals surface area contributed by atoms with Crippen LogP contribution in [0.5, 0.6) is 11.5 Å². The zero-order valence-electron chi connectivity index (χ0n) is 11.7. The maximum Gasteiger partial charge on any atom is 0.336 e. The molecule has 2 aromatic carbocycles. The second kappa shape index (κ2) is 7.38. The Morgan fingerprint density at radius 1 is 1.20 bits per heavy atom. The maximum atomic E-state index is 11.1. The molecule has 1 aliphatic heterocycles. The second-order valence-corrected chi connectivity index (χ2v) is 6.89. The first kappa shape index (κ1) is 15.7. The number of rotatable bonds is 1. The van der Waals surface area contributed by atoms with E-state index in [0.29, 0.717) is 17.7 Å². The number of benzene rings is 2. The number of carbonyl (C=O) groups is 1. The van der Waals surface area contributed by atoms with Gasteiger partial charge in [0, 0.05) is 12.0 Å². The number of hydrogen-bond acceptors (Lipinski definition) is 2. The zero-order valence-corrected chi connectivity index (χ0v) is 14.8. The second-order valence-electron chi connectivity index (χ2n) is 4.68. The molecule has 3 rings (SSSR count). The van der Waals surface area contributed by atoms with Crippen molar-refractivity contribution in [3.63, 3.8) is 0 Å². The fraction of sp³-hybridized carbons (Fsp3) is 0.188. The Hall–Kier alpha value is -0.654. The Bertz CT molecular complexity index is 623. The van der Waals surface area contributed by atoms with E-state index in [9.17, 15) is 4.79 Å². The molecule has 1 aliphatic rings. The molecule has 0 amide bonds. The molecule has 0 atom stereocenters. The molecule has 0 aromatic heterocycles. The summed E-state index contributed by atoms with van der Waals surface area (Å²) in [5.74, 6) is 0.538. The number of carboxylic acids is 1. The van der Waals surface area contributed by atoms with Crippen LogP contribution in [0.2, 0.25) is 0.515 Å². The minimum Gasteiger partial charge on any atom is -0.478 e. The number of ether oxygens (including phenoxy) is 1. The van der Waals surface area contributed by atoms with Crippen molar-refractivity contribution >= 4 is 54.9 Å². The molecule has 0 spiro atoms. The van der Waals surface area contributed by atoms with E-state index in [-0.39, 0.29) is 0 Å². The van der Waals surface area contributed by atoms with Gasteiger partial charge in [0.2, 0.25) is 0 Å². The van der Waals surface area contributed by atoms with E-state index in [4.69, 9.17) is 9.84 Å². The number of aromatic carboxylic acids is 1. The van der Waals surface area contributed by atoms with Crippen LogP contribution in [0.1, 0.15) is 28.4 Å². The van der Waals surface area contributed by atoms with Crippen LogP contribution >= 0.6 is 0 Å². The Balaban J connectivity index is 0.000000452. The number of carboxylic acid groups (broad SMARTS) is 1. The van der Waals surface area contributed by atoms with Crippen molar-refractivity contribution in [2.75, 3.05) is 0 Å². The summed E-state index contributed by atoms with van der Waals surface area (Å²) in [6.07, 6.45) is 0.605. The van der Waals surface area contributed by atoms with Gasteiger partial charge in [0.1, 0.15) is 11.5 Å². The average molecular weight is 294 g/mol. The third-order valence-corrected chi connectivity index (χ3v) is 2.92. The van der Waals surface area contributed by atoms with Crippen molar-refractivity contribution in [3.8, 4) is 11.5 Å². The van der Waals surface area contributed by atoms with E-state index in [1.54, 1.807) is 18.2 Å². The van der Waals surface area contributed by atoms with Gasteiger partial charge in [-0.1, -0.05) is 24.3 Å². The van der Waals surface area contributed by atoms with Crippen LogP contribution in [-0.2, 0) is 6.42 Å². The smallest absolute Gasteiger partial charge is 0.336 e. The minimum absolute atomic E-state index is 0.317. The maximum absolute atomic E-state index is 11.1. The summed E-state index contributed by atoms with van der Waals surface area (Å²) in [5.41, 5.74) is 2.09. The van der Waals surface area contributed by atoms with Gasteiger partial charge in [0.05, 0.1) is 5.56 Å². The predicted molar refractivity (Wildman–Crippen MR) is 79.0 cm³/mol. The largest absolute Gasteiger partial charge is 0.478 e. The number of hydrogen-bond donors (Lipinski definition) is 1. The van der Waals surface area contributed by atoms with E-state index < -0.39 is 5.97 Å². The summed E-state index contributed by atoms with van der Waals surface area (Å²) in [7, 11) is 0. The summed E-state index contributed by atoms with van der Waals surface area (Å²) in [6, 6.07) is 12.8. The molecule has 0 unspecified atom stereocenters. The first-order chi connectivity index (χ1) is 9.67. The van der Waals surface area contributed by atoms with Crippen molar-refractivity contribution < 1.29 is 14.6 Å². The topological polar surface area (TPSA) is 46.5 Å². The number of fused-ring (bicyclic) bond motifs is 2. The summed E-state index contributed by atoms with van der Waals surface area (Å²) in [5, 5.41) is 9.13. The molecule has 4 heteroatoms. The molecule has 0 radical (unpaired) electrons. The fourth-order valence-electron chi connectivity index (χ4n) is 2.10. The standard InChI is InChI=1S/C14H10O3.C2H5.K/c15-14(16)10-5-3-7-13-11(10)8-9-4-1-2-6-12(9)17-13;1-2;/h1-7H,8H2,(H,15,16);1H2,2H3;. The van der Waals surface area contributed by atoms with Gasteiger partial charge in [-0.15, -0.1) is 0 Å². The summed E-state index contributed by atoms with van der Waals surface area (Å²) in [4.78, 5) is 11.1. The van der Waals surface area contributed by atoms with Crippen LogP contribution in [0.25, 0.3) is 0 Å². The monoisotopic (exact) mass is 294 g/mol. The molecule has 0 aliphatic carbocycles. The van der Waals surface area contributed by atoms with Gasteiger partial charge in [0.25, 0.3) is 0 Å². The van der Waals surface area contributed by atoms with E-state index in [2.05, 4.69) is 6.92 Å². The van der Waals surface area contributed by atoms with E-state index in [1.165, 1.54) is 0.515 Å². The Kier molecular flexibility index (Phi) is 5.81. The molecule has 0 fully saturated rings. The van der Waals surface area contributed by atoms with Crippen LogP contribution in [0.4, 0.5) is 0 Å². The van der Waals surface area contributed by atoms with Gasteiger partial charge < -0.3 is 9.84 Å². The Morgan fingerprint density at radius 3 is 2.55 bits per heavy atom. The van der Waals surface area contributed by atoms with Gasteiger partial charge in [-0.25, -0.2) is 4.79 Å². The Labute approximate surface area is 152 Å². The van der Waals surface area contributed by atoms with Crippen LogP contribution in [0, 0.1) is 0 Å². The first-order valence-electron chi connectivity index (χ1n) is 6.78. The minimum atomic E-state index is -0.912. The predicted octanol–water partition coefficient (Wildman–Crippen LogP) is 3.67. The van der Waals surface area contributed by atoms with E-state index in [1.807, 2.05) is 24.3 Å². The molecule has 0 saturated heterocycles. The van der Waals surface area contributed by atoms with Gasteiger partial charge in [-0.05, 0) is 23.8 Å². The van der Waals surface area contributed by atoms with E-state index in [0.717, 1.165) is 65.8 Å².